The number of nitro benzene ring substituents is 1. The molecule has 0 aliphatic carbocycles. The van der Waals surface area contributed by atoms with Crippen LogP contribution in [0.3, 0.4) is 0 Å². The summed E-state index contributed by atoms with van der Waals surface area (Å²) in [4.78, 5) is 41.0. The van der Waals surface area contributed by atoms with Gasteiger partial charge in [-0.1, -0.05) is 24.3 Å². The lowest BCUT2D eigenvalue weighted by molar-refractivity contribution is -0.385. The van der Waals surface area contributed by atoms with Gasteiger partial charge in [0, 0.05) is 11.6 Å². The number of aliphatic imine (C=N–C) groups is 1. The Morgan fingerprint density at radius 1 is 1.27 bits per heavy atom. The zero-order valence-electron chi connectivity index (χ0n) is 15.4. The Hall–Kier alpha value is -4.41. The quantitative estimate of drug-likeness (QED) is 0.438. The second-order valence-electron chi connectivity index (χ2n) is 6.41. The van der Waals surface area contributed by atoms with Crippen LogP contribution in [0.2, 0.25) is 0 Å². The maximum Gasteiger partial charge on any atom is 0.278 e. The molecule has 2 aliphatic heterocycles. The molecular formula is C19H15N7O4. The van der Waals surface area contributed by atoms with E-state index in [0.29, 0.717) is 11.5 Å². The van der Waals surface area contributed by atoms with Gasteiger partial charge in [0.05, 0.1) is 35.1 Å². The van der Waals surface area contributed by atoms with Crippen molar-refractivity contribution >= 4 is 41.6 Å². The average Bonchev–Trinajstić information content (AvgIpc) is 2.75. The number of carbonyl (C=O) groups is 2. The second-order valence-corrected chi connectivity index (χ2v) is 6.41. The number of hydrazone groups is 2. The standard InChI is InChI=1S/C19H15N7O4/c27-17(22-21-10-12-5-1-4-8-15(12)26(29)30)9-16-19(28)24-23-18-13-6-2-3-7-14(13)20-11-25(16)18/h1-8,10-11,16H,9H2,(H,22,27)(H,24,28). The van der Waals surface area contributed by atoms with Gasteiger partial charge < -0.3 is 4.90 Å². The molecule has 2 aliphatic rings. The first kappa shape index (κ1) is 18.9. The fourth-order valence-corrected chi connectivity index (χ4v) is 3.10. The van der Waals surface area contributed by atoms with Crippen molar-refractivity contribution < 1.29 is 14.5 Å². The molecule has 0 bridgehead atoms. The lowest BCUT2D eigenvalue weighted by Crippen LogP contribution is -2.55. The maximum absolute atomic E-state index is 12.3. The third kappa shape index (κ3) is 3.63. The van der Waals surface area contributed by atoms with Gasteiger partial charge in [-0.25, -0.2) is 15.8 Å². The van der Waals surface area contributed by atoms with Crippen LogP contribution in [0.4, 0.5) is 11.4 Å². The highest BCUT2D eigenvalue weighted by atomic mass is 16.6. The van der Waals surface area contributed by atoms with E-state index in [4.69, 9.17) is 0 Å². The van der Waals surface area contributed by atoms with Gasteiger partial charge in [-0.05, 0) is 18.2 Å². The highest BCUT2D eigenvalue weighted by molar-refractivity contribution is 6.14. The number of nitrogens with one attached hydrogen (secondary N) is 2. The van der Waals surface area contributed by atoms with Crippen molar-refractivity contribution in [2.45, 2.75) is 12.5 Å². The normalized spacial score (nSPS) is 17.1. The number of rotatable bonds is 5. The van der Waals surface area contributed by atoms with Crippen LogP contribution >= 0.6 is 0 Å². The molecule has 0 saturated carbocycles. The SMILES string of the molecule is O=C(CC1C(=O)NN=C2c3ccccc3N=CN21)NN=Cc1ccccc1[N+](=O)[O-]. The van der Waals surface area contributed by atoms with Crippen molar-refractivity contribution in [2.75, 3.05) is 0 Å². The van der Waals surface area contributed by atoms with Crippen LogP contribution in [0, 0.1) is 10.1 Å². The molecule has 1 atom stereocenters. The number of benzene rings is 2. The van der Waals surface area contributed by atoms with E-state index in [-0.39, 0.29) is 17.7 Å². The minimum atomic E-state index is -0.865. The molecule has 2 aromatic carbocycles. The van der Waals surface area contributed by atoms with E-state index in [1.54, 1.807) is 6.07 Å². The summed E-state index contributed by atoms with van der Waals surface area (Å²) in [7, 11) is 0. The van der Waals surface area contributed by atoms with E-state index in [0.717, 1.165) is 5.56 Å². The largest absolute Gasteiger partial charge is 0.302 e. The Bertz CT molecular complexity index is 1130. The topological polar surface area (TPSA) is 142 Å². The van der Waals surface area contributed by atoms with Gasteiger partial charge in [-0.2, -0.15) is 10.2 Å². The molecule has 1 unspecified atom stereocenters. The van der Waals surface area contributed by atoms with Crippen LogP contribution < -0.4 is 10.9 Å². The fraction of sp³-hybridized carbons (Fsp3) is 0.105. The van der Waals surface area contributed by atoms with Crippen molar-refractivity contribution in [3.63, 3.8) is 0 Å². The Labute approximate surface area is 169 Å². The summed E-state index contributed by atoms with van der Waals surface area (Å²) < 4.78 is 0. The summed E-state index contributed by atoms with van der Waals surface area (Å²) in [6, 6.07) is 12.4. The monoisotopic (exact) mass is 405 g/mol. The first-order valence-electron chi connectivity index (χ1n) is 8.89. The zero-order valence-corrected chi connectivity index (χ0v) is 15.4. The molecule has 11 heteroatoms. The minimum Gasteiger partial charge on any atom is -0.302 e. The molecule has 11 nitrogen and oxygen atoms in total. The summed E-state index contributed by atoms with van der Waals surface area (Å²) in [5.74, 6) is -0.512. The van der Waals surface area contributed by atoms with Gasteiger partial charge in [0.2, 0.25) is 5.91 Å². The van der Waals surface area contributed by atoms with Crippen molar-refractivity contribution in [1.82, 2.24) is 15.8 Å². The molecule has 2 heterocycles. The lowest BCUT2D eigenvalue weighted by atomic mass is 10.1. The van der Waals surface area contributed by atoms with Crippen molar-refractivity contribution in [3.8, 4) is 0 Å². The molecule has 0 saturated heterocycles. The first-order chi connectivity index (χ1) is 14.5. The summed E-state index contributed by atoms with van der Waals surface area (Å²) in [6.45, 7) is 0. The average molecular weight is 405 g/mol. The van der Waals surface area contributed by atoms with Gasteiger partial charge in [0.1, 0.15) is 6.04 Å². The second kappa shape index (κ2) is 7.91. The third-order valence-corrected chi connectivity index (χ3v) is 4.53. The van der Waals surface area contributed by atoms with E-state index in [9.17, 15) is 19.7 Å². The van der Waals surface area contributed by atoms with Crippen LogP contribution in [-0.2, 0) is 9.59 Å². The Morgan fingerprint density at radius 3 is 2.87 bits per heavy atom. The summed E-state index contributed by atoms with van der Waals surface area (Å²) in [5, 5.41) is 18.9. The van der Waals surface area contributed by atoms with Gasteiger partial charge in [0.15, 0.2) is 5.84 Å². The van der Waals surface area contributed by atoms with E-state index in [1.165, 1.54) is 35.7 Å². The van der Waals surface area contributed by atoms with Crippen LogP contribution in [0.1, 0.15) is 17.5 Å². The molecule has 2 N–H and O–H groups in total. The molecule has 2 aromatic rings. The molecular weight excluding hydrogens is 390 g/mol. The van der Waals surface area contributed by atoms with Crippen molar-refractivity contribution in [1.29, 1.82) is 0 Å². The van der Waals surface area contributed by atoms with Gasteiger partial charge in [0.25, 0.3) is 11.6 Å². The van der Waals surface area contributed by atoms with Gasteiger partial charge in [-0.3, -0.25) is 19.7 Å². The molecule has 30 heavy (non-hydrogen) atoms. The number of amidine groups is 1. The van der Waals surface area contributed by atoms with Crippen LogP contribution in [0.25, 0.3) is 0 Å². The molecule has 2 amide bonds. The number of nitro groups is 1. The summed E-state index contributed by atoms with van der Waals surface area (Å²) in [6.07, 6.45) is 2.43. The molecule has 0 fully saturated rings. The van der Waals surface area contributed by atoms with Crippen molar-refractivity contribution in [3.05, 3.63) is 69.8 Å². The van der Waals surface area contributed by atoms with Crippen LogP contribution in [0.15, 0.2) is 63.7 Å². The molecule has 0 radical (unpaired) electrons. The number of nitrogens with zero attached hydrogens (tertiary/aromatic N) is 5. The molecule has 4 rings (SSSR count). The van der Waals surface area contributed by atoms with Crippen LogP contribution in [0.5, 0.6) is 0 Å². The number of para-hydroxylation sites is 2. The predicted molar refractivity (Wildman–Crippen MR) is 108 cm³/mol. The number of hydrogen-bond acceptors (Lipinski definition) is 8. The Balaban J connectivity index is 1.46. The van der Waals surface area contributed by atoms with E-state index in [1.807, 2.05) is 24.3 Å². The zero-order chi connectivity index (χ0) is 21.1. The van der Waals surface area contributed by atoms with Gasteiger partial charge in [-0.15, -0.1) is 0 Å². The number of carbonyl (C=O) groups excluding carboxylic acids is 2. The number of fused-ring (bicyclic) bond motifs is 3. The summed E-state index contributed by atoms with van der Waals surface area (Å²) >= 11 is 0. The van der Waals surface area contributed by atoms with E-state index >= 15 is 0 Å². The Kier molecular flexibility index (Phi) is 4.99. The highest BCUT2D eigenvalue weighted by Crippen LogP contribution is 2.27. The fourth-order valence-electron chi connectivity index (χ4n) is 3.10. The molecule has 0 spiro atoms. The van der Waals surface area contributed by atoms with E-state index in [2.05, 4.69) is 26.0 Å². The molecule has 0 aromatic heterocycles. The third-order valence-electron chi connectivity index (χ3n) is 4.53. The van der Waals surface area contributed by atoms with E-state index < -0.39 is 22.8 Å². The number of hydrogen-bond donors (Lipinski definition) is 2. The molecule has 150 valence electrons. The van der Waals surface area contributed by atoms with Crippen LogP contribution in [-0.4, -0.2) is 46.1 Å². The maximum atomic E-state index is 12.3. The lowest BCUT2D eigenvalue weighted by Gasteiger charge is -2.34. The first-order valence-corrected chi connectivity index (χ1v) is 8.89. The highest BCUT2D eigenvalue weighted by Gasteiger charge is 2.36. The van der Waals surface area contributed by atoms with Gasteiger partial charge >= 0.3 is 0 Å². The minimum absolute atomic E-state index is 0.133. The number of amides is 2. The smallest absolute Gasteiger partial charge is 0.278 e. The summed E-state index contributed by atoms with van der Waals surface area (Å²) in [5.41, 5.74) is 6.28. The van der Waals surface area contributed by atoms with Crippen molar-refractivity contribution in [2.24, 2.45) is 15.2 Å². The Morgan fingerprint density at radius 2 is 2.03 bits per heavy atom. The predicted octanol–water partition coefficient (Wildman–Crippen LogP) is 1.27.